The van der Waals surface area contributed by atoms with Crippen LogP contribution in [0, 0.1) is 18.7 Å². The molecule has 132 valence electrons. The summed E-state index contributed by atoms with van der Waals surface area (Å²) in [6, 6.07) is 9.26. The number of nitrogens with zero attached hydrogens (tertiary/aromatic N) is 1. The molecule has 1 aromatic heterocycles. The molecule has 2 atom stereocenters. The highest BCUT2D eigenvalue weighted by Gasteiger charge is 2.38. The molecule has 0 radical (unpaired) electrons. The van der Waals surface area contributed by atoms with E-state index < -0.39 is 12.0 Å². The summed E-state index contributed by atoms with van der Waals surface area (Å²) >= 11 is 0. The molecule has 1 aliphatic heterocycles. The summed E-state index contributed by atoms with van der Waals surface area (Å²) in [6.07, 6.45) is 0.744. The molecule has 0 unspecified atom stereocenters. The lowest BCUT2D eigenvalue weighted by atomic mass is 9.84. The number of aryl methyl sites for hydroxylation is 1. The van der Waals surface area contributed by atoms with Crippen LogP contribution >= 0.6 is 0 Å². The Kier molecular flexibility index (Phi) is 4.88. The number of amides is 2. The Balaban J connectivity index is 1.79. The van der Waals surface area contributed by atoms with Gasteiger partial charge in [-0.2, -0.15) is 0 Å². The van der Waals surface area contributed by atoms with E-state index in [9.17, 15) is 14.0 Å². The molecule has 2 amide bonds. The predicted molar refractivity (Wildman–Crippen MR) is 89.9 cm³/mol. The molecule has 0 bridgehead atoms. The highest BCUT2D eigenvalue weighted by Crippen LogP contribution is 2.36. The van der Waals surface area contributed by atoms with E-state index in [-0.39, 0.29) is 24.2 Å². The van der Waals surface area contributed by atoms with Gasteiger partial charge in [-0.3, -0.25) is 9.59 Å². The standard InChI is InChI=1S/C19H21FN2O3/c1-12-6-7-15(25-12)11-21-19(24)16-8-9-17(23)22(2)18(16)13-4-3-5-14(20)10-13/h3-7,10,16,18H,8-9,11H2,1-2H3,(H,21,24)/t16-,18+/m0/s1. The first-order valence-electron chi connectivity index (χ1n) is 8.30. The summed E-state index contributed by atoms with van der Waals surface area (Å²) < 4.78 is 19.1. The Hall–Kier alpha value is -2.63. The van der Waals surface area contributed by atoms with E-state index in [1.54, 1.807) is 24.1 Å². The van der Waals surface area contributed by atoms with Crippen LogP contribution in [0.4, 0.5) is 4.39 Å². The summed E-state index contributed by atoms with van der Waals surface area (Å²) in [5.74, 6) is 0.440. The maximum atomic E-state index is 13.6. The number of likely N-dealkylation sites (tertiary alicyclic amines) is 1. The number of piperidine rings is 1. The zero-order chi connectivity index (χ0) is 18.0. The van der Waals surface area contributed by atoms with Crippen LogP contribution in [0.1, 0.15) is 36.0 Å². The third-order valence-corrected chi connectivity index (χ3v) is 4.62. The molecule has 1 aromatic carbocycles. The minimum absolute atomic E-state index is 0.0417. The van der Waals surface area contributed by atoms with Crippen molar-refractivity contribution in [3.63, 3.8) is 0 Å². The third kappa shape index (κ3) is 3.73. The summed E-state index contributed by atoms with van der Waals surface area (Å²) in [4.78, 5) is 26.4. The maximum Gasteiger partial charge on any atom is 0.225 e. The fourth-order valence-corrected chi connectivity index (χ4v) is 3.34. The van der Waals surface area contributed by atoms with Gasteiger partial charge in [-0.05, 0) is 43.2 Å². The monoisotopic (exact) mass is 344 g/mol. The molecule has 3 rings (SSSR count). The van der Waals surface area contributed by atoms with Crippen molar-refractivity contribution in [3.8, 4) is 0 Å². The smallest absolute Gasteiger partial charge is 0.225 e. The van der Waals surface area contributed by atoms with Crippen LogP contribution in [0.15, 0.2) is 40.8 Å². The lowest BCUT2D eigenvalue weighted by Crippen LogP contribution is -2.46. The molecule has 1 saturated heterocycles. The van der Waals surface area contributed by atoms with E-state index in [1.807, 2.05) is 19.1 Å². The Labute approximate surface area is 145 Å². The first-order chi connectivity index (χ1) is 12.0. The highest BCUT2D eigenvalue weighted by molar-refractivity contribution is 5.84. The molecular formula is C19H21FN2O3. The second-order valence-electron chi connectivity index (χ2n) is 6.38. The lowest BCUT2D eigenvalue weighted by molar-refractivity contribution is -0.141. The fraction of sp³-hybridized carbons (Fsp3) is 0.368. The number of rotatable bonds is 4. The highest BCUT2D eigenvalue weighted by atomic mass is 19.1. The lowest BCUT2D eigenvalue weighted by Gasteiger charge is -2.38. The number of benzene rings is 1. The second-order valence-corrected chi connectivity index (χ2v) is 6.38. The summed E-state index contributed by atoms with van der Waals surface area (Å²) in [5, 5.41) is 2.87. The van der Waals surface area contributed by atoms with E-state index in [4.69, 9.17) is 4.42 Å². The van der Waals surface area contributed by atoms with Crippen molar-refractivity contribution in [2.24, 2.45) is 5.92 Å². The van der Waals surface area contributed by atoms with Crippen molar-refractivity contribution >= 4 is 11.8 Å². The van der Waals surface area contributed by atoms with Gasteiger partial charge < -0.3 is 14.6 Å². The molecule has 2 aromatic rings. The summed E-state index contributed by atoms with van der Waals surface area (Å²) in [7, 11) is 1.66. The molecule has 6 heteroatoms. The van der Waals surface area contributed by atoms with E-state index in [0.717, 1.165) is 5.76 Å². The number of carbonyl (C=O) groups excluding carboxylic acids is 2. The van der Waals surface area contributed by atoms with Gasteiger partial charge in [0.1, 0.15) is 17.3 Å². The van der Waals surface area contributed by atoms with Crippen molar-refractivity contribution in [3.05, 3.63) is 59.3 Å². The van der Waals surface area contributed by atoms with Crippen molar-refractivity contribution in [1.29, 1.82) is 0 Å². The van der Waals surface area contributed by atoms with Crippen molar-refractivity contribution in [1.82, 2.24) is 10.2 Å². The van der Waals surface area contributed by atoms with Crippen LogP contribution in [0.25, 0.3) is 0 Å². The number of hydrogen-bond donors (Lipinski definition) is 1. The Morgan fingerprint density at radius 1 is 1.36 bits per heavy atom. The molecular weight excluding hydrogens is 323 g/mol. The van der Waals surface area contributed by atoms with Crippen LogP contribution in [0.2, 0.25) is 0 Å². The summed E-state index contributed by atoms with van der Waals surface area (Å²) in [5.41, 5.74) is 0.629. The van der Waals surface area contributed by atoms with Gasteiger partial charge in [0.25, 0.3) is 0 Å². The van der Waals surface area contributed by atoms with Crippen LogP contribution in [-0.4, -0.2) is 23.8 Å². The molecule has 1 N–H and O–H groups in total. The number of carbonyl (C=O) groups is 2. The van der Waals surface area contributed by atoms with Gasteiger partial charge in [-0.1, -0.05) is 12.1 Å². The van der Waals surface area contributed by atoms with Gasteiger partial charge in [-0.15, -0.1) is 0 Å². The van der Waals surface area contributed by atoms with Crippen LogP contribution in [-0.2, 0) is 16.1 Å². The topological polar surface area (TPSA) is 62.6 Å². The largest absolute Gasteiger partial charge is 0.465 e. The SMILES string of the molecule is Cc1ccc(CNC(=O)[C@H]2CCC(=O)N(C)[C@@H]2c2cccc(F)c2)o1. The number of hydrogen-bond acceptors (Lipinski definition) is 3. The zero-order valence-corrected chi connectivity index (χ0v) is 14.3. The van der Waals surface area contributed by atoms with Gasteiger partial charge in [-0.25, -0.2) is 4.39 Å². The molecule has 1 fully saturated rings. The van der Waals surface area contributed by atoms with E-state index >= 15 is 0 Å². The summed E-state index contributed by atoms with van der Waals surface area (Å²) in [6.45, 7) is 2.13. The molecule has 0 spiro atoms. The Morgan fingerprint density at radius 3 is 2.84 bits per heavy atom. The van der Waals surface area contributed by atoms with Crippen molar-refractivity contribution in [2.45, 2.75) is 32.4 Å². The zero-order valence-electron chi connectivity index (χ0n) is 14.3. The molecule has 25 heavy (non-hydrogen) atoms. The van der Waals surface area contributed by atoms with Crippen LogP contribution in [0.5, 0.6) is 0 Å². The Bertz CT molecular complexity index is 786. The fourth-order valence-electron chi connectivity index (χ4n) is 3.34. The van der Waals surface area contributed by atoms with Gasteiger partial charge >= 0.3 is 0 Å². The van der Waals surface area contributed by atoms with Gasteiger partial charge in [0.2, 0.25) is 11.8 Å². The van der Waals surface area contributed by atoms with Crippen molar-refractivity contribution < 1.29 is 18.4 Å². The number of furan rings is 1. The van der Waals surface area contributed by atoms with Gasteiger partial charge in [0, 0.05) is 13.5 Å². The van der Waals surface area contributed by atoms with Gasteiger partial charge in [0.15, 0.2) is 0 Å². The van der Waals surface area contributed by atoms with Gasteiger partial charge in [0.05, 0.1) is 18.5 Å². The second kappa shape index (κ2) is 7.09. The number of nitrogens with one attached hydrogen (secondary N) is 1. The quantitative estimate of drug-likeness (QED) is 0.927. The maximum absolute atomic E-state index is 13.6. The van der Waals surface area contributed by atoms with Crippen LogP contribution in [0.3, 0.4) is 0 Å². The molecule has 5 nitrogen and oxygen atoms in total. The molecule has 0 saturated carbocycles. The van der Waals surface area contributed by atoms with E-state index in [2.05, 4.69) is 5.32 Å². The minimum atomic E-state index is -0.477. The van der Waals surface area contributed by atoms with Crippen molar-refractivity contribution in [2.75, 3.05) is 7.05 Å². The third-order valence-electron chi connectivity index (χ3n) is 4.62. The molecule has 1 aliphatic rings. The normalized spacial score (nSPS) is 20.6. The minimum Gasteiger partial charge on any atom is -0.465 e. The average molecular weight is 344 g/mol. The molecule has 2 heterocycles. The van der Waals surface area contributed by atoms with E-state index in [0.29, 0.717) is 24.2 Å². The first kappa shape index (κ1) is 17.2. The number of halogens is 1. The first-order valence-corrected chi connectivity index (χ1v) is 8.30. The van der Waals surface area contributed by atoms with E-state index in [1.165, 1.54) is 12.1 Å². The average Bonchev–Trinajstić information content (AvgIpc) is 3.00. The van der Waals surface area contributed by atoms with Crippen LogP contribution < -0.4 is 5.32 Å². The Morgan fingerprint density at radius 2 is 2.16 bits per heavy atom. The predicted octanol–water partition coefficient (Wildman–Crippen LogP) is 2.95. The molecule has 0 aliphatic carbocycles.